The number of hydrogen-bond donors (Lipinski definition) is 2. The predicted octanol–water partition coefficient (Wildman–Crippen LogP) is 3.65. The van der Waals surface area contributed by atoms with Crippen LogP contribution in [0.25, 0.3) is 0 Å². The molecule has 122 valence electrons. The fourth-order valence-corrected chi connectivity index (χ4v) is 3.60. The van der Waals surface area contributed by atoms with E-state index in [0.29, 0.717) is 5.11 Å². The number of rotatable bonds is 5. The Kier molecular flexibility index (Phi) is 6.65. The van der Waals surface area contributed by atoms with Crippen molar-refractivity contribution in [3.8, 4) is 0 Å². The van der Waals surface area contributed by atoms with Crippen LogP contribution in [0.5, 0.6) is 0 Å². The van der Waals surface area contributed by atoms with E-state index in [9.17, 15) is 0 Å². The summed E-state index contributed by atoms with van der Waals surface area (Å²) in [6.07, 6.45) is 2.51. The van der Waals surface area contributed by atoms with Gasteiger partial charge in [0.1, 0.15) is 0 Å². The van der Waals surface area contributed by atoms with Crippen molar-refractivity contribution in [2.75, 3.05) is 31.5 Å². The van der Waals surface area contributed by atoms with E-state index in [4.69, 9.17) is 12.2 Å². The van der Waals surface area contributed by atoms with Crippen LogP contribution in [0.3, 0.4) is 0 Å². The van der Waals surface area contributed by atoms with Crippen molar-refractivity contribution >= 4 is 23.0 Å². The number of benzene rings is 1. The van der Waals surface area contributed by atoms with E-state index in [1.807, 2.05) is 12.1 Å². The fourth-order valence-electron chi connectivity index (χ4n) is 3.38. The molecule has 0 aliphatic carbocycles. The van der Waals surface area contributed by atoms with Crippen molar-refractivity contribution in [1.29, 1.82) is 0 Å². The summed E-state index contributed by atoms with van der Waals surface area (Å²) < 4.78 is 0. The lowest BCUT2D eigenvalue weighted by Crippen LogP contribution is -2.40. The van der Waals surface area contributed by atoms with Gasteiger partial charge >= 0.3 is 0 Å². The molecule has 1 aromatic rings. The van der Waals surface area contributed by atoms with Gasteiger partial charge in [0.15, 0.2) is 5.11 Å². The highest BCUT2D eigenvalue weighted by Gasteiger charge is 2.20. The zero-order valence-electron chi connectivity index (χ0n) is 14.1. The lowest BCUT2D eigenvalue weighted by molar-refractivity contribution is 0.140. The molecule has 1 saturated heterocycles. The molecule has 0 unspecified atom stereocenters. The highest BCUT2D eigenvalue weighted by atomic mass is 32.1. The molecular formula is C18H29N3S. The summed E-state index contributed by atoms with van der Waals surface area (Å²) in [4.78, 5) is 2.59. The van der Waals surface area contributed by atoms with Gasteiger partial charge in [0.25, 0.3) is 0 Å². The molecule has 1 aliphatic heterocycles. The van der Waals surface area contributed by atoms with E-state index in [-0.39, 0.29) is 0 Å². The van der Waals surface area contributed by atoms with Crippen LogP contribution in [-0.2, 0) is 0 Å². The molecule has 0 bridgehead atoms. The van der Waals surface area contributed by atoms with Gasteiger partial charge in [0, 0.05) is 25.3 Å². The van der Waals surface area contributed by atoms with Gasteiger partial charge in [-0.05, 0) is 68.1 Å². The number of anilines is 1. The second-order valence-electron chi connectivity index (χ2n) is 6.81. The lowest BCUT2D eigenvalue weighted by atomic mass is 9.92. The molecule has 1 heterocycles. The Morgan fingerprint density at radius 1 is 1.27 bits per heavy atom. The average molecular weight is 320 g/mol. The number of aryl methyl sites for hydroxylation is 1. The van der Waals surface area contributed by atoms with Gasteiger partial charge < -0.3 is 15.5 Å². The van der Waals surface area contributed by atoms with Crippen LogP contribution in [0.4, 0.5) is 5.69 Å². The zero-order valence-corrected chi connectivity index (χ0v) is 14.9. The summed E-state index contributed by atoms with van der Waals surface area (Å²) in [5.74, 6) is 1.67. The maximum atomic E-state index is 5.35. The maximum absolute atomic E-state index is 5.35. The van der Waals surface area contributed by atoms with Gasteiger partial charge in [0.2, 0.25) is 0 Å². The number of likely N-dealkylation sites (tertiary alicyclic amines) is 1. The van der Waals surface area contributed by atoms with Crippen LogP contribution >= 0.6 is 12.2 Å². The van der Waals surface area contributed by atoms with Crippen molar-refractivity contribution in [3.63, 3.8) is 0 Å². The van der Waals surface area contributed by atoms with Crippen LogP contribution in [0, 0.1) is 18.8 Å². The van der Waals surface area contributed by atoms with Crippen LogP contribution < -0.4 is 10.6 Å². The summed E-state index contributed by atoms with van der Waals surface area (Å²) in [5.41, 5.74) is 2.29. The minimum atomic E-state index is 0.714. The van der Waals surface area contributed by atoms with Gasteiger partial charge in [-0.25, -0.2) is 0 Å². The number of hydrogen-bond acceptors (Lipinski definition) is 2. The molecule has 0 spiro atoms. The molecule has 0 aromatic heterocycles. The van der Waals surface area contributed by atoms with Crippen molar-refractivity contribution in [3.05, 3.63) is 29.8 Å². The van der Waals surface area contributed by atoms with Crippen molar-refractivity contribution in [2.45, 2.75) is 33.6 Å². The molecule has 1 fully saturated rings. The first-order valence-corrected chi connectivity index (χ1v) is 8.77. The summed E-state index contributed by atoms with van der Waals surface area (Å²) in [6, 6.07) is 8.27. The first-order valence-electron chi connectivity index (χ1n) is 8.37. The predicted molar refractivity (Wildman–Crippen MR) is 99.4 cm³/mol. The minimum absolute atomic E-state index is 0.714. The highest BCUT2D eigenvalue weighted by molar-refractivity contribution is 7.80. The van der Waals surface area contributed by atoms with E-state index in [1.165, 1.54) is 25.1 Å². The molecule has 1 aliphatic rings. The quantitative estimate of drug-likeness (QED) is 0.640. The monoisotopic (exact) mass is 319 g/mol. The minimum Gasteiger partial charge on any atom is -0.362 e. The van der Waals surface area contributed by atoms with Crippen LogP contribution in [0.2, 0.25) is 0 Å². The first kappa shape index (κ1) is 17.2. The number of nitrogens with one attached hydrogen (secondary N) is 2. The summed E-state index contributed by atoms with van der Waals surface area (Å²) in [7, 11) is 0. The van der Waals surface area contributed by atoms with E-state index in [1.54, 1.807) is 0 Å². The Morgan fingerprint density at radius 2 is 2.00 bits per heavy atom. The molecule has 1 aromatic carbocycles. The summed E-state index contributed by atoms with van der Waals surface area (Å²) in [6.45, 7) is 11.4. The third-order valence-corrected chi connectivity index (χ3v) is 4.40. The molecule has 0 radical (unpaired) electrons. The van der Waals surface area contributed by atoms with E-state index in [0.717, 1.165) is 37.0 Å². The fraction of sp³-hybridized carbons (Fsp3) is 0.611. The van der Waals surface area contributed by atoms with Crippen molar-refractivity contribution in [1.82, 2.24) is 10.2 Å². The molecule has 2 rings (SSSR count). The Balaban J connectivity index is 1.63. The van der Waals surface area contributed by atoms with Gasteiger partial charge in [-0.1, -0.05) is 26.0 Å². The summed E-state index contributed by atoms with van der Waals surface area (Å²) >= 11 is 5.35. The Labute approximate surface area is 140 Å². The smallest absolute Gasteiger partial charge is 0.170 e. The van der Waals surface area contributed by atoms with Crippen molar-refractivity contribution in [2.24, 2.45) is 11.8 Å². The van der Waals surface area contributed by atoms with Gasteiger partial charge in [0.05, 0.1) is 0 Å². The second-order valence-corrected chi connectivity index (χ2v) is 7.22. The van der Waals surface area contributed by atoms with E-state index >= 15 is 0 Å². The van der Waals surface area contributed by atoms with Crippen LogP contribution in [-0.4, -0.2) is 36.2 Å². The number of nitrogens with zero attached hydrogens (tertiary/aromatic N) is 1. The number of thiocarbonyl (C=S) groups is 1. The first-order chi connectivity index (χ1) is 10.5. The Hall–Kier alpha value is -1.13. The Morgan fingerprint density at radius 3 is 2.68 bits per heavy atom. The zero-order chi connectivity index (χ0) is 15.9. The topological polar surface area (TPSA) is 27.3 Å². The van der Waals surface area contributed by atoms with Gasteiger partial charge in [-0.2, -0.15) is 0 Å². The van der Waals surface area contributed by atoms with Crippen LogP contribution in [0.15, 0.2) is 24.3 Å². The van der Waals surface area contributed by atoms with Gasteiger partial charge in [-0.15, -0.1) is 0 Å². The molecule has 3 nitrogen and oxygen atoms in total. The van der Waals surface area contributed by atoms with E-state index in [2.05, 4.69) is 48.4 Å². The highest BCUT2D eigenvalue weighted by Crippen LogP contribution is 2.20. The molecule has 0 saturated carbocycles. The summed E-state index contributed by atoms with van der Waals surface area (Å²) in [5, 5.41) is 7.26. The maximum Gasteiger partial charge on any atom is 0.170 e. The lowest BCUT2D eigenvalue weighted by Gasteiger charge is -2.35. The largest absolute Gasteiger partial charge is 0.362 e. The third kappa shape index (κ3) is 5.93. The molecule has 2 N–H and O–H groups in total. The normalized spacial score (nSPS) is 22.3. The molecule has 4 heteroatoms. The molecular weight excluding hydrogens is 290 g/mol. The number of piperidine rings is 1. The van der Waals surface area contributed by atoms with Gasteiger partial charge in [-0.3, -0.25) is 0 Å². The Bertz CT molecular complexity index is 479. The third-order valence-electron chi connectivity index (χ3n) is 4.16. The average Bonchev–Trinajstić information content (AvgIpc) is 2.42. The van der Waals surface area contributed by atoms with Crippen LogP contribution in [0.1, 0.15) is 32.3 Å². The standard InChI is InChI=1S/C18H29N3S/c1-14-6-4-7-17(11-14)20-18(22)19-8-5-9-21-12-15(2)10-16(3)13-21/h4,6-7,11,15-16H,5,8-10,12-13H2,1-3H3,(H2,19,20,22)/t15-,16-/m1/s1. The second kappa shape index (κ2) is 8.49. The van der Waals surface area contributed by atoms with Crippen molar-refractivity contribution < 1.29 is 0 Å². The molecule has 22 heavy (non-hydrogen) atoms. The SMILES string of the molecule is Cc1cccc(NC(=S)NCCCN2C[C@H](C)C[C@@H](C)C2)c1. The molecule has 0 amide bonds. The molecule has 2 atom stereocenters. The van der Waals surface area contributed by atoms with E-state index < -0.39 is 0 Å².